The molecule has 0 atom stereocenters. The Kier molecular flexibility index (Phi) is 2.96. The van der Waals surface area contributed by atoms with Crippen molar-refractivity contribution in [1.29, 1.82) is 0 Å². The van der Waals surface area contributed by atoms with Gasteiger partial charge in [-0.3, -0.25) is 0 Å². The molecule has 0 amide bonds. The Morgan fingerprint density at radius 3 is 2.44 bits per heavy atom. The fraction of sp³-hybridized carbons (Fsp3) is 0.267. The number of rotatable bonds is 2. The maximum Gasteiger partial charge on any atom is 0.132 e. The SMILES string of the molecule is Cc1cc(CCl)cnc1N1Cc2ccccc2C1. The standard InChI is InChI=1S/C15H15ClN2/c1-11-6-12(7-16)8-17-15(11)18-9-13-4-2-3-5-14(13)10-18/h2-6,8H,7,9-10H2,1H3. The Hall–Kier alpha value is -1.54. The second kappa shape index (κ2) is 4.62. The third-order valence-electron chi connectivity index (χ3n) is 3.40. The van der Waals surface area contributed by atoms with Crippen LogP contribution in [0.3, 0.4) is 0 Å². The van der Waals surface area contributed by atoms with Gasteiger partial charge in [0, 0.05) is 25.2 Å². The molecule has 0 radical (unpaired) electrons. The van der Waals surface area contributed by atoms with E-state index >= 15 is 0 Å². The van der Waals surface area contributed by atoms with E-state index in [0.29, 0.717) is 5.88 Å². The molecule has 3 heteroatoms. The summed E-state index contributed by atoms with van der Waals surface area (Å²) < 4.78 is 0. The highest BCUT2D eigenvalue weighted by Crippen LogP contribution is 2.29. The largest absolute Gasteiger partial charge is 0.348 e. The molecule has 0 bridgehead atoms. The quantitative estimate of drug-likeness (QED) is 0.765. The molecule has 0 spiro atoms. The fourth-order valence-electron chi connectivity index (χ4n) is 2.51. The summed E-state index contributed by atoms with van der Waals surface area (Å²) in [5.41, 5.74) is 5.08. The second-order valence-corrected chi connectivity index (χ2v) is 5.01. The molecule has 18 heavy (non-hydrogen) atoms. The van der Waals surface area contributed by atoms with Crippen molar-refractivity contribution in [3.63, 3.8) is 0 Å². The molecule has 92 valence electrons. The number of halogens is 1. The summed E-state index contributed by atoms with van der Waals surface area (Å²) in [5, 5.41) is 0. The van der Waals surface area contributed by atoms with Crippen molar-refractivity contribution in [1.82, 2.24) is 4.98 Å². The number of pyridine rings is 1. The zero-order valence-corrected chi connectivity index (χ0v) is 11.1. The minimum Gasteiger partial charge on any atom is -0.348 e. The number of fused-ring (bicyclic) bond motifs is 1. The summed E-state index contributed by atoms with van der Waals surface area (Å²) in [6.45, 7) is 4.00. The molecule has 1 aliphatic rings. The van der Waals surface area contributed by atoms with Crippen molar-refractivity contribution >= 4 is 17.4 Å². The molecular weight excluding hydrogens is 244 g/mol. The molecule has 0 N–H and O–H groups in total. The van der Waals surface area contributed by atoms with Gasteiger partial charge in [0.2, 0.25) is 0 Å². The number of hydrogen-bond acceptors (Lipinski definition) is 2. The molecule has 0 fully saturated rings. The lowest BCUT2D eigenvalue weighted by Crippen LogP contribution is -2.17. The lowest BCUT2D eigenvalue weighted by Gasteiger charge is -2.19. The molecule has 2 nitrogen and oxygen atoms in total. The number of hydrogen-bond donors (Lipinski definition) is 0. The molecule has 0 saturated carbocycles. The van der Waals surface area contributed by atoms with E-state index in [2.05, 4.69) is 47.1 Å². The van der Waals surface area contributed by atoms with E-state index in [-0.39, 0.29) is 0 Å². The summed E-state index contributed by atoms with van der Waals surface area (Å²) >= 11 is 5.83. The van der Waals surface area contributed by atoms with E-state index in [9.17, 15) is 0 Å². The van der Waals surface area contributed by atoms with Gasteiger partial charge in [-0.15, -0.1) is 11.6 Å². The first-order valence-corrected chi connectivity index (χ1v) is 6.64. The molecule has 2 aromatic rings. The minimum atomic E-state index is 0.522. The molecule has 2 heterocycles. The molecular formula is C15H15ClN2. The van der Waals surface area contributed by atoms with Gasteiger partial charge >= 0.3 is 0 Å². The normalized spacial score (nSPS) is 13.8. The van der Waals surface area contributed by atoms with Crippen molar-refractivity contribution in [3.8, 4) is 0 Å². The molecule has 1 aliphatic heterocycles. The molecule has 0 aliphatic carbocycles. The van der Waals surface area contributed by atoms with Gasteiger partial charge in [0.05, 0.1) is 0 Å². The van der Waals surface area contributed by atoms with Crippen LogP contribution in [-0.2, 0) is 19.0 Å². The Labute approximate surface area is 112 Å². The highest BCUT2D eigenvalue weighted by molar-refractivity contribution is 6.17. The van der Waals surface area contributed by atoms with Crippen LogP contribution in [0.4, 0.5) is 5.82 Å². The topological polar surface area (TPSA) is 16.1 Å². The van der Waals surface area contributed by atoms with E-state index in [1.165, 1.54) is 16.7 Å². The van der Waals surface area contributed by atoms with Crippen LogP contribution in [0.1, 0.15) is 22.3 Å². The van der Waals surface area contributed by atoms with Crippen LogP contribution >= 0.6 is 11.6 Å². The number of alkyl halides is 1. The first-order valence-electron chi connectivity index (χ1n) is 6.11. The first kappa shape index (κ1) is 11.5. The van der Waals surface area contributed by atoms with Gasteiger partial charge in [-0.2, -0.15) is 0 Å². The van der Waals surface area contributed by atoms with Gasteiger partial charge in [0.15, 0.2) is 0 Å². The summed E-state index contributed by atoms with van der Waals surface area (Å²) in [7, 11) is 0. The summed E-state index contributed by atoms with van der Waals surface area (Å²) in [6, 6.07) is 10.7. The van der Waals surface area contributed by atoms with E-state index < -0.39 is 0 Å². The van der Waals surface area contributed by atoms with Crippen molar-refractivity contribution in [2.45, 2.75) is 25.9 Å². The second-order valence-electron chi connectivity index (χ2n) is 4.74. The Morgan fingerprint density at radius 1 is 1.22 bits per heavy atom. The zero-order chi connectivity index (χ0) is 12.5. The van der Waals surface area contributed by atoms with Crippen LogP contribution in [0, 0.1) is 6.92 Å². The number of aromatic nitrogens is 1. The minimum absolute atomic E-state index is 0.522. The zero-order valence-electron chi connectivity index (χ0n) is 10.4. The van der Waals surface area contributed by atoms with Gasteiger partial charge < -0.3 is 4.90 Å². The molecule has 0 saturated heterocycles. The Bertz CT molecular complexity index is 555. The highest BCUT2D eigenvalue weighted by atomic mass is 35.5. The average Bonchev–Trinajstić information content (AvgIpc) is 2.81. The van der Waals surface area contributed by atoms with Crippen molar-refractivity contribution < 1.29 is 0 Å². The van der Waals surface area contributed by atoms with Crippen LogP contribution in [0.15, 0.2) is 36.5 Å². The maximum absolute atomic E-state index is 5.83. The third kappa shape index (κ3) is 1.97. The van der Waals surface area contributed by atoms with Crippen molar-refractivity contribution in [2.24, 2.45) is 0 Å². The molecule has 3 rings (SSSR count). The molecule has 0 unspecified atom stereocenters. The van der Waals surface area contributed by atoms with Crippen LogP contribution in [0.2, 0.25) is 0 Å². The number of nitrogens with zero attached hydrogens (tertiary/aromatic N) is 2. The van der Waals surface area contributed by atoms with Gasteiger partial charge in [-0.25, -0.2) is 4.98 Å². The number of anilines is 1. The summed E-state index contributed by atoms with van der Waals surface area (Å²) in [4.78, 5) is 6.87. The van der Waals surface area contributed by atoms with Crippen LogP contribution in [-0.4, -0.2) is 4.98 Å². The number of aryl methyl sites for hydroxylation is 1. The van der Waals surface area contributed by atoms with E-state index in [4.69, 9.17) is 11.6 Å². The van der Waals surface area contributed by atoms with Gasteiger partial charge in [0.25, 0.3) is 0 Å². The summed E-state index contributed by atoms with van der Waals surface area (Å²) in [6.07, 6.45) is 1.87. The fourth-order valence-corrected chi connectivity index (χ4v) is 2.66. The van der Waals surface area contributed by atoms with Crippen molar-refractivity contribution in [3.05, 3.63) is 58.8 Å². The predicted octanol–water partition coefficient (Wildman–Crippen LogP) is 3.65. The van der Waals surface area contributed by atoms with Crippen LogP contribution in [0.5, 0.6) is 0 Å². The lowest BCUT2D eigenvalue weighted by molar-refractivity contribution is 0.848. The average molecular weight is 259 g/mol. The Morgan fingerprint density at radius 2 is 1.89 bits per heavy atom. The van der Waals surface area contributed by atoms with Crippen LogP contribution in [0.25, 0.3) is 0 Å². The van der Waals surface area contributed by atoms with Crippen molar-refractivity contribution in [2.75, 3.05) is 4.90 Å². The highest BCUT2D eigenvalue weighted by Gasteiger charge is 2.20. The van der Waals surface area contributed by atoms with E-state index in [1.54, 1.807) is 0 Å². The smallest absolute Gasteiger partial charge is 0.132 e. The predicted molar refractivity (Wildman–Crippen MR) is 74.9 cm³/mol. The van der Waals surface area contributed by atoms with Gasteiger partial charge in [-0.1, -0.05) is 24.3 Å². The lowest BCUT2D eigenvalue weighted by atomic mass is 10.1. The maximum atomic E-state index is 5.83. The van der Waals surface area contributed by atoms with E-state index in [1.807, 2.05) is 6.20 Å². The molecule has 1 aromatic carbocycles. The molecule has 1 aromatic heterocycles. The third-order valence-corrected chi connectivity index (χ3v) is 3.71. The number of benzene rings is 1. The first-order chi connectivity index (χ1) is 8.78. The Balaban J connectivity index is 1.90. The van der Waals surface area contributed by atoms with Gasteiger partial charge in [0.1, 0.15) is 5.82 Å². The van der Waals surface area contributed by atoms with E-state index in [0.717, 1.165) is 24.5 Å². The van der Waals surface area contributed by atoms with Crippen LogP contribution < -0.4 is 4.90 Å². The summed E-state index contributed by atoms with van der Waals surface area (Å²) in [5.74, 6) is 1.59. The van der Waals surface area contributed by atoms with Gasteiger partial charge in [-0.05, 0) is 35.2 Å². The monoisotopic (exact) mass is 258 g/mol.